The van der Waals surface area contributed by atoms with Crippen molar-refractivity contribution in [3.63, 3.8) is 0 Å². The number of benzene rings is 1. The Balaban J connectivity index is 3.06. The number of hydrogen-bond donors (Lipinski definition) is 2. The van der Waals surface area contributed by atoms with Gasteiger partial charge in [0.05, 0.1) is 4.90 Å². The van der Waals surface area contributed by atoms with Crippen LogP contribution in [0, 0.1) is 0 Å². The Bertz CT molecular complexity index is 374. The van der Waals surface area contributed by atoms with Crippen LogP contribution in [0.5, 0.6) is 0 Å². The summed E-state index contributed by atoms with van der Waals surface area (Å²) in [7, 11) is -3.51. The van der Waals surface area contributed by atoms with E-state index in [1.54, 1.807) is 17.0 Å². The van der Waals surface area contributed by atoms with Crippen molar-refractivity contribution in [1.29, 1.82) is 0 Å². The molecule has 3 N–H and O–H groups in total. The van der Waals surface area contributed by atoms with E-state index in [9.17, 15) is 8.42 Å². The smallest absolute Gasteiger partial charge is 0.253 e. The second-order valence-corrected chi connectivity index (χ2v) is 4.67. The van der Waals surface area contributed by atoms with Gasteiger partial charge in [-0.2, -0.15) is 4.83 Å². The van der Waals surface area contributed by atoms with Crippen LogP contribution in [0.3, 0.4) is 0 Å². The molecule has 4 nitrogen and oxygen atoms in total. The largest absolute Gasteiger partial charge is 0.257 e. The summed E-state index contributed by atoms with van der Waals surface area (Å²) < 4.78 is 22.3. The number of alkyl halides is 1. The summed E-state index contributed by atoms with van der Waals surface area (Å²) in [5, 5.41) is 0.698. The molecule has 0 aromatic heterocycles. The lowest BCUT2D eigenvalue weighted by Crippen LogP contribution is -2.30. The molecule has 0 heterocycles. The Labute approximate surface area is 85.3 Å². The van der Waals surface area contributed by atoms with E-state index in [0.717, 1.165) is 5.56 Å². The molecule has 0 aliphatic carbocycles. The van der Waals surface area contributed by atoms with E-state index < -0.39 is 10.0 Å². The Morgan fingerprint density at radius 2 is 1.85 bits per heavy atom. The zero-order valence-electron chi connectivity index (χ0n) is 6.70. The Hall–Kier alpha value is -0.430. The van der Waals surface area contributed by atoms with Crippen LogP contribution in [0.2, 0.25) is 0 Å². The van der Waals surface area contributed by atoms with Crippen LogP contribution in [-0.4, -0.2) is 8.42 Å². The first kappa shape index (κ1) is 10.6. The van der Waals surface area contributed by atoms with Crippen molar-refractivity contribution in [3.8, 4) is 0 Å². The van der Waals surface area contributed by atoms with Crippen molar-refractivity contribution in [2.45, 2.75) is 10.2 Å². The van der Waals surface area contributed by atoms with E-state index in [1.165, 1.54) is 12.1 Å². The predicted molar refractivity (Wildman–Crippen MR) is 53.6 cm³/mol. The van der Waals surface area contributed by atoms with Crippen molar-refractivity contribution in [3.05, 3.63) is 29.8 Å². The summed E-state index contributed by atoms with van der Waals surface area (Å²) in [6.07, 6.45) is 0. The third-order valence-electron chi connectivity index (χ3n) is 1.54. The maximum Gasteiger partial charge on any atom is 0.253 e. The summed E-state index contributed by atoms with van der Waals surface area (Å²) in [5.74, 6) is 4.86. The van der Waals surface area contributed by atoms with Crippen molar-refractivity contribution in [2.75, 3.05) is 0 Å². The van der Waals surface area contributed by atoms with Gasteiger partial charge >= 0.3 is 0 Å². The first-order valence-corrected chi connectivity index (χ1v) is 6.08. The summed E-state index contributed by atoms with van der Waals surface area (Å²) in [5.41, 5.74) is 1.01. The molecule has 0 spiro atoms. The fourth-order valence-corrected chi connectivity index (χ4v) is 1.83. The standard InChI is InChI=1S/C7H9BrN2O2S/c8-5-6-1-3-7(4-2-6)13(11,12)10-9/h1-4,10H,5,9H2. The molecular formula is C7H9BrN2O2S. The molecule has 1 aromatic rings. The first-order valence-electron chi connectivity index (χ1n) is 3.47. The van der Waals surface area contributed by atoms with E-state index in [0.29, 0.717) is 5.33 Å². The van der Waals surface area contributed by atoms with Gasteiger partial charge in [-0.3, -0.25) is 5.84 Å². The van der Waals surface area contributed by atoms with Crippen LogP contribution in [0.4, 0.5) is 0 Å². The average Bonchev–Trinajstić information content (AvgIpc) is 2.18. The van der Waals surface area contributed by atoms with Crippen LogP contribution in [0.15, 0.2) is 29.2 Å². The molecule has 0 saturated carbocycles. The van der Waals surface area contributed by atoms with Gasteiger partial charge in [0.1, 0.15) is 0 Å². The van der Waals surface area contributed by atoms with Crippen molar-refractivity contribution in [2.24, 2.45) is 5.84 Å². The summed E-state index contributed by atoms with van der Waals surface area (Å²) >= 11 is 3.26. The van der Waals surface area contributed by atoms with Gasteiger partial charge in [-0.1, -0.05) is 28.1 Å². The molecule has 0 atom stereocenters. The molecule has 0 amide bonds. The molecule has 1 rings (SSSR count). The lowest BCUT2D eigenvalue weighted by Gasteiger charge is -2.02. The van der Waals surface area contributed by atoms with Crippen LogP contribution < -0.4 is 10.7 Å². The second kappa shape index (κ2) is 4.19. The molecule has 72 valence electrons. The van der Waals surface area contributed by atoms with E-state index in [4.69, 9.17) is 5.84 Å². The van der Waals surface area contributed by atoms with E-state index >= 15 is 0 Å². The zero-order chi connectivity index (χ0) is 9.90. The van der Waals surface area contributed by atoms with E-state index in [2.05, 4.69) is 15.9 Å². The number of nitrogens with one attached hydrogen (secondary N) is 1. The van der Waals surface area contributed by atoms with Gasteiger partial charge in [-0.25, -0.2) is 8.42 Å². The highest BCUT2D eigenvalue weighted by Crippen LogP contribution is 2.11. The molecule has 0 radical (unpaired) electrons. The summed E-state index contributed by atoms with van der Waals surface area (Å²) in [4.78, 5) is 1.92. The van der Waals surface area contributed by atoms with Crippen LogP contribution in [0.1, 0.15) is 5.56 Å². The average molecular weight is 265 g/mol. The van der Waals surface area contributed by atoms with E-state index in [1.807, 2.05) is 0 Å². The first-order chi connectivity index (χ1) is 6.10. The fraction of sp³-hybridized carbons (Fsp3) is 0.143. The SMILES string of the molecule is NNS(=O)(=O)c1ccc(CBr)cc1. The van der Waals surface area contributed by atoms with Gasteiger partial charge in [-0.15, -0.1) is 0 Å². The molecule has 13 heavy (non-hydrogen) atoms. The molecule has 6 heteroatoms. The topological polar surface area (TPSA) is 72.2 Å². The fourth-order valence-electron chi connectivity index (χ4n) is 0.826. The maximum atomic E-state index is 11.2. The number of hydrazine groups is 1. The van der Waals surface area contributed by atoms with E-state index in [-0.39, 0.29) is 4.90 Å². The number of nitrogens with two attached hydrogens (primary N) is 1. The van der Waals surface area contributed by atoms with Gasteiger partial charge < -0.3 is 0 Å². The number of rotatable bonds is 3. The molecule has 0 unspecified atom stereocenters. The molecule has 0 aliphatic heterocycles. The summed E-state index contributed by atoms with van der Waals surface area (Å²) in [6, 6.07) is 6.45. The predicted octanol–water partition coefficient (Wildman–Crippen LogP) is 0.734. The summed E-state index contributed by atoms with van der Waals surface area (Å²) in [6.45, 7) is 0. The minimum atomic E-state index is -3.51. The molecule has 1 aromatic carbocycles. The van der Waals surface area contributed by atoms with Crippen LogP contribution in [0.25, 0.3) is 0 Å². The highest BCUT2D eigenvalue weighted by atomic mass is 79.9. The quantitative estimate of drug-likeness (QED) is 0.481. The zero-order valence-corrected chi connectivity index (χ0v) is 9.10. The molecular weight excluding hydrogens is 256 g/mol. The molecule has 0 saturated heterocycles. The van der Waals surface area contributed by atoms with Crippen molar-refractivity contribution in [1.82, 2.24) is 4.83 Å². The third-order valence-corrected chi connectivity index (χ3v) is 3.39. The lowest BCUT2D eigenvalue weighted by atomic mass is 10.2. The number of hydrogen-bond acceptors (Lipinski definition) is 3. The minimum Gasteiger partial charge on any atom is -0.257 e. The molecule has 0 aliphatic rings. The number of sulfonamides is 1. The Morgan fingerprint density at radius 1 is 1.31 bits per heavy atom. The van der Waals surface area contributed by atoms with Gasteiger partial charge in [0.2, 0.25) is 0 Å². The Kier molecular flexibility index (Phi) is 3.43. The second-order valence-electron chi connectivity index (χ2n) is 2.40. The monoisotopic (exact) mass is 264 g/mol. The third kappa shape index (κ3) is 2.50. The highest BCUT2D eigenvalue weighted by molar-refractivity contribution is 9.08. The molecule has 0 fully saturated rings. The highest BCUT2D eigenvalue weighted by Gasteiger charge is 2.10. The van der Waals surface area contributed by atoms with Gasteiger partial charge in [0.15, 0.2) is 0 Å². The molecule has 0 bridgehead atoms. The number of halogens is 1. The Morgan fingerprint density at radius 3 is 2.23 bits per heavy atom. The van der Waals surface area contributed by atoms with Crippen molar-refractivity contribution < 1.29 is 8.42 Å². The normalized spacial score (nSPS) is 11.5. The van der Waals surface area contributed by atoms with Crippen LogP contribution in [-0.2, 0) is 15.4 Å². The van der Waals surface area contributed by atoms with Gasteiger partial charge in [0.25, 0.3) is 10.0 Å². The van der Waals surface area contributed by atoms with Crippen LogP contribution >= 0.6 is 15.9 Å². The van der Waals surface area contributed by atoms with Crippen molar-refractivity contribution >= 4 is 26.0 Å². The van der Waals surface area contributed by atoms with Gasteiger partial charge in [-0.05, 0) is 17.7 Å². The minimum absolute atomic E-state index is 0.166. The lowest BCUT2D eigenvalue weighted by molar-refractivity contribution is 0.584. The maximum absolute atomic E-state index is 11.2. The van der Waals surface area contributed by atoms with Gasteiger partial charge in [0, 0.05) is 5.33 Å².